The third kappa shape index (κ3) is 1.45. The zero-order chi connectivity index (χ0) is 9.31. The van der Waals surface area contributed by atoms with Gasteiger partial charge in [-0.1, -0.05) is 11.8 Å². The van der Waals surface area contributed by atoms with E-state index in [1.165, 1.54) is 11.8 Å². The topological polar surface area (TPSA) is 89.8 Å². The number of nitrogens with two attached hydrogens (primary N) is 2. The summed E-state index contributed by atoms with van der Waals surface area (Å²) in [6.45, 7) is 0. The fraction of sp³-hybridized carbons (Fsp3) is 0.143. The van der Waals surface area contributed by atoms with Crippen molar-refractivity contribution in [2.24, 2.45) is 11.5 Å². The molecule has 0 fully saturated rings. The van der Waals surface area contributed by atoms with Crippen LogP contribution in [0.1, 0.15) is 5.82 Å². The van der Waals surface area contributed by atoms with E-state index in [0.29, 0.717) is 10.9 Å². The van der Waals surface area contributed by atoms with Gasteiger partial charge in [-0.15, -0.1) is 0 Å². The summed E-state index contributed by atoms with van der Waals surface area (Å²) in [4.78, 5) is 7.30. The van der Waals surface area contributed by atoms with Gasteiger partial charge in [0.1, 0.15) is 0 Å². The normalized spacial score (nSPS) is 26.7. The van der Waals surface area contributed by atoms with Gasteiger partial charge in [-0.2, -0.15) is 0 Å². The second-order valence-corrected chi connectivity index (χ2v) is 3.92. The van der Waals surface area contributed by atoms with Crippen molar-refractivity contribution in [2.45, 2.75) is 4.99 Å². The second-order valence-electron chi connectivity index (χ2n) is 2.60. The van der Waals surface area contributed by atoms with E-state index in [1.54, 1.807) is 24.7 Å². The largest absolute Gasteiger partial charge is 0.392 e. The number of nitrogens with zero attached hydrogens (tertiary/aromatic N) is 2. The Morgan fingerprint density at radius 3 is 2.62 bits per heavy atom. The van der Waals surface area contributed by atoms with Crippen molar-refractivity contribution in [1.82, 2.24) is 15.3 Å². The van der Waals surface area contributed by atoms with Crippen molar-refractivity contribution >= 4 is 11.8 Å². The lowest BCUT2D eigenvalue weighted by atomic mass is 10.4. The molecule has 0 aliphatic carbocycles. The molecule has 1 aromatic rings. The highest BCUT2D eigenvalue weighted by molar-refractivity contribution is 8.04. The Balaban J connectivity index is 2.28. The van der Waals surface area contributed by atoms with Crippen molar-refractivity contribution in [3.8, 4) is 0 Å². The van der Waals surface area contributed by atoms with E-state index in [9.17, 15) is 0 Å². The first-order valence-electron chi connectivity index (χ1n) is 3.69. The summed E-state index contributed by atoms with van der Waals surface area (Å²) in [5.41, 5.74) is 11.5. The minimum atomic E-state index is -0.814. The lowest BCUT2D eigenvalue weighted by molar-refractivity contribution is 0.558. The van der Waals surface area contributed by atoms with E-state index in [2.05, 4.69) is 15.3 Å². The summed E-state index contributed by atoms with van der Waals surface area (Å²) in [5, 5.41) is 3.56. The number of thioether (sulfide) groups is 1. The van der Waals surface area contributed by atoms with Crippen molar-refractivity contribution in [3.05, 3.63) is 35.5 Å². The minimum Gasteiger partial charge on any atom is -0.392 e. The van der Waals surface area contributed by atoms with Crippen LogP contribution in [0.3, 0.4) is 0 Å². The first-order chi connectivity index (χ1) is 6.21. The van der Waals surface area contributed by atoms with Gasteiger partial charge in [0.05, 0.1) is 5.03 Å². The highest BCUT2D eigenvalue weighted by Crippen LogP contribution is 2.33. The molecular formula is C7H9N5S. The third-order valence-corrected chi connectivity index (χ3v) is 2.58. The Kier molecular flexibility index (Phi) is 1.86. The molecule has 0 aromatic carbocycles. The van der Waals surface area contributed by atoms with E-state index < -0.39 is 4.99 Å². The summed E-state index contributed by atoms with van der Waals surface area (Å²) < 4.78 is 0. The Labute approximate surface area is 79.6 Å². The van der Waals surface area contributed by atoms with Gasteiger partial charge in [0.25, 0.3) is 0 Å². The molecule has 0 radical (unpaired) electrons. The summed E-state index contributed by atoms with van der Waals surface area (Å²) in [7, 11) is 0. The predicted octanol–water partition coefficient (Wildman–Crippen LogP) is -0.360. The molecule has 2 rings (SSSR count). The van der Waals surface area contributed by atoms with Gasteiger partial charge in [0.15, 0.2) is 5.82 Å². The number of aromatic nitrogens is 2. The Bertz CT molecular complexity index is 338. The van der Waals surface area contributed by atoms with Crippen LogP contribution in [0.15, 0.2) is 29.7 Å². The standard InChI is InChI=1S/C7H9N5S/c8-5-4-12-7(9,13-5)6-10-2-1-3-11-6/h1-4,12H,8-9H2. The van der Waals surface area contributed by atoms with Crippen molar-refractivity contribution in [3.63, 3.8) is 0 Å². The van der Waals surface area contributed by atoms with Crippen LogP contribution in [0.5, 0.6) is 0 Å². The quantitative estimate of drug-likeness (QED) is 0.567. The van der Waals surface area contributed by atoms with Crippen molar-refractivity contribution < 1.29 is 0 Å². The maximum Gasteiger partial charge on any atom is 0.202 e. The molecule has 0 bridgehead atoms. The van der Waals surface area contributed by atoms with E-state index in [1.807, 2.05) is 0 Å². The SMILES string of the molecule is NC1=CNC(N)(c2ncccn2)S1. The number of hydrogen-bond donors (Lipinski definition) is 3. The average molecular weight is 195 g/mol. The molecule has 0 saturated carbocycles. The van der Waals surface area contributed by atoms with E-state index in [-0.39, 0.29) is 0 Å². The van der Waals surface area contributed by atoms with Gasteiger partial charge in [-0.25, -0.2) is 9.97 Å². The second kappa shape index (κ2) is 2.90. The first kappa shape index (κ1) is 8.33. The molecule has 2 heterocycles. The van der Waals surface area contributed by atoms with Gasteiger partial charge in [0.2, 0.25) is 4.99 Å². The molecule has 0 amide bonds. The number of hydrogen-bond acceptors (Lipinski definition) is 6. The van der Waals surface area contributed by atoms with Crippen LogP contribution in [0.4, 0.5) is 0 Å². The van der Waals surface area contributed by atoms with Gasteiger partial charge in [-0.05, 0) is 6.07 Å². The zero-order valence-corrected chi connectivity index (χ0v) is 7.58. The maximum atomic E-state index is 5.97. The maximum absolute atomic E-state index is 5.97. The van der Waals surface area contributed by atoms with Crippen molar-refractivity contribution in [2.75, 3.05) is 0 Å². The minimum absolute atomic E-state index is 0.525. The summed E-state index contributed by atoms with van der Waals surface area (Å²) in [6, 6.07) is 1.74. The van der Waals surface area contributed by atoms with Gasteiger partial charge >= 0.3 is 0 Å². The lowest BCUT2D eigenvalue weighted by Crippen LogP contribution is -2.43. The lowest BCUT2D eigenvalue weighted by Gasteiger charge is -2.21. The Hall–Kier alpha value is -1.27. The molecule has 1 aliphatic heterocycles. The number of nitrogens with one attached hydrogen (secondary N) is 1. The monoisotopic (exact) mass is 195 g/mol. The number of rotatable bonds is 1. The van der Waals surface area contributed by atoms with E-state index >= 15 is 0 Å². The molecule has 5 N–H and O–H groups in total. The van der Waals surface area contributed by atoms with Crippen LogP contribution in [-0.2, 0) is 4.99 Å². The van der Waals surface area contributed by atoms with Crippen LogP contribution in [-0.4, -0.2) is 9.97 Å². The highest BCUT2D eigenvalue weighted by Gasteiger charge is 2.34. The molecule has 68 valence electrons. The predicted molar refractivity (Wildman–Crippen MR) is 50.9 cm³/mol. The molecule has 1 unspecified atom stereocenters. The molecular weight excluding hydrogens is 186 g/mol. The van der Waals surface area contributed by atoms with E-state index in [0.717, 1.165) is 0 Å². The highest BCUT2D eigenvalue weighted by atomic mass is 32.2. The Morgan fingerprint density at radius 2 is 2.08 bits per heavy atom. The summed E-state index contributed by atoms with van der Waals surface area (Å²) in [6.07, 6.45) is 4.95. The van der Waals surface area contributed by atoms with E-state index in [4.69, 9.17) is 11.5 Å². The summed E-state index contributed by atoms with van der Waals surface area (Å²) in [5.74, 6) is 0.525. The summed E-state index contributed by atoms with van der Waals surface area (Å²) >= 11 is 1.30. The molecule has 1 atom stereocenters. The van der Waals surface area contributed by atoms with Crippen LogP contribution in [0.25, 0.3) is 0 Å². The smallest absolute Gasteiger partial charge is 0.202 e. The van der Waals surface area contributed by atoms with Crippen molar-refractivity contribution in [1.29, 1.82) is 0 Å². The fourth-order valence-corrected chi connectivity index (χ4v) is 1.83. The molecule has 6 heteroatoms. The van der Waals surface area contributed by atoms with Gasteiger partial charge < -0.3 is 11.1 Å². The molecule has 0 spiro atoms. The molecule has 0 saturated heterocycles. The van der Waals surface area contributed by atoms with Crippen LogP contribution in [0, 0.1) is 0 Å². The zero-order valence-electron chi connectivity index (χ0n) is 6.77. The molecule has 5 nitrogen and oxygen atoms in total. The first-order valence-corrected chi connectivity index (χ1v) is 4.51. The fourth-order valence-electron chi connectivity index (χ4n) is 1.02. The van der Waals surface area contributed by atoms with Crippen LogP contribution >= 0.6 is 11.8 Å². The van der Waals surface area contributed by atoms with Crippen LogP contribution < -0.4 is 16.8 Å². The third-order valence-electron chi connectivity index (χ3n) is 1.61. The van der Waals surface area contributed by atoms with Crippen LogP contribution in [0.2, 0.25) is 0 Å². The molecule has 1 aromatic heterocycles. The van der Waals surface area contributed by atoms with Gasteiger partial charge in [0, 0.05) is 18.6 Å². The molecule has 1 aliphatic rings. The molecule has 13 heavy (non-hydrogen) atoms. The van der Waals surface area contributed by atoms with Gasteiger partial charge in [-0.3, -0.25) is 5.73 Å². The Morgan fingerprint density at radius 1 is 1.38 bits per heavy atom. The average Bonchev–Trinajstić information content (AvgIpc) is 2.49.